The Balaban J connectivity index is 1.95. The number of halogens is 1. The maximum Gasteiger partial charge on any atom is 0.264 e. The highest BCUT2D eigenvalue weighted by Gasteiger charge is 2.19. The van der Waals surface area contributed by atoms with Crippen LogP contribution < -0.4 is 9.74 Å². The van der Waals surface area contributed by atoms with Crippen molar-refractivity contribution in [3.05, 3.63) is 68.3 Å². The minimum absolute atomic E-state index is 0.138. The quantitative estimate of drug-likeness (QED) is 0.232. The summed E-state index contributed by atoms with van der Waals surface area (Å²) in [5.41, 5.74) is 1.58. The van der Waals surface area contributed by atoms with Gasteiger partial charge in [0, 0.05) is 21.4 Å². The zero-order chi connectivity index (χ0) is 19.0. The summed E-state index contributed by atoms with van der Waals surface area (Å²) in [7, 11) is 0. The lowest BCUT2D eigenvalue weighted by atomic mass is 10.1. The Morgan fingerprint density at radius 2 is 2.07 bits per heavy atom. The molecular formula is C19H16IN3O3S. The standard InChI is InChI=1S/C19H16IN3O3S/c1-3-25-27-26-19-17(21-16-7-6-14(20)11-23(16)19)22-9-8-13-5-4-12(2)10-15(13)18(22)24/h4-11H,3H2,1-2H3. The molecule has 27 heavy (non-hydrogen) atoms. The van der Waals surface area contributed by atoms with Gasteiger partial charge in [0.1, 0.15) is 5.65 Å². The minimum atomic E-state index is -0.138. The SMILES string of the molecule is CCOSOc1c(-n2ccc3ccc(C)cc3c2=O)nc2ccc(I)cn12. The Kier molecular flexibility index (Phi) is 5.11. The van der Waals surface area contributed by atoms with Crippen LogP contribution in [-0.4, -0.2) is 20.6 Å². The zero-order valence-electron chi connectivity index (χ0n) is 14.7. The molecule has 4 rings (SSSR count). The van der Waals surface area contributed by atoms with E-state index in [9.17, 15) is 4.79 Å². The number of fused-ring (bicyclic) bond motifs is 2. The molecule has 0 radical (unpaired) electrons. The molecule has 0 aliphatic rings. The molecule has 4 aromatic rings. The number of benzene rings is 1. The van der Waals surface area contributed by atoms with Crippen LogP contribution in [0.4, 0.5) is 0 Å². The number of hydrogen-bond donors (Lipinski definition) is 0. The van der Waals surface area contributed by atoms with Crippen LogP contribution in [-0.2, 0) is 4.18 Å². The second-order valence-corrected chi connectivity index (χ2v) is 7.74. The monoisotopic (exact) mass is 493 g/mol. The summed E-state index contributed by atoms with van der Waals surface area (Å²) in [4.78, 5) is 17.7. The van der Waals surface area contributed by atoms with Crippen molar-refractivity contribution in [2.75, 3.05) is 6.61 Å². The molecule has 0 fully saturated rings. The number of imidazole rings is 1. The first-order valence-electron chi connectivity index (χ1n) is 8.34. The van der Waals surface area contributed by atoms with E-state index in [4.69, 9.17) is 8.37 Å². The molecule has 1 aromatic carbocycles. The van der Waals surface area contributed by atoms with Gasteiger partial charge >= 0.3 is 0 Å². The van der Waals surface area contributed by atoms with Crippen LogP contribution in [0.25, 0.3) is 22.2 Å². The molecule has 0 aliphatic heterocycles. The molecule has 0 bridgehead atoms. The number of hydrogen-bond acceptors (Lipinski definition) is 5. The number of aryl methyl sites for hydroxylation is 1. The summed E-state index contributed by atoms with van der Waals surface area (Å²) < 4.78 is 15.4. The van der Waals surface area contributed by atoms with Crippen LogP contribution in [0.15, 0.2) is 53.6 Å². The van der Waals surface area contributed by atoms with E-state index in [0.717, 1.165) is 26.8 Å². The van der Waals surface area contributed by atoms with E-state index < -0.39 is 0 Å². The van der Waals surface area contributed by atoms with Crippen LogP contribution in [0.3, 0.4) is 0 Å². The van der Waals surface area contributed by atoms with E-state index in [2.05, 4.69) is 27.6 Å². The maximum absolute atomic E-state index is 13.1. The van der Waals surface area contributed by atoms with Crippen molar-refractivity contribution in [1.29, 1.82) is 0 Å². The Hall–Kier alpha value is -2.04. The van der Waals surface area contributed by atoms with Crippen LogP contribution in [0, 0.1) is 10.5 Å². The van der Waals surface area contributed by atoms with Crippen LogP contribution >= 0.6 is 34.9 Å². The van der Waals surface area contributed by atoms with Crippen LogP contribution in [0.1, 0.15) is 12.5 Å². The number of aromatic nitrogens is 3. The van der Waals surface area contributed by atoms with Gasteiger partial charge < -0.3 is 4.18 Å². The van der Waals surface area contributed by atoms with Gasteiger partial charge in [0.15, 0.2) is 0 Å². The summed E-state index contributed by atoms with van der Waals surface area (Å²) in [6.45, 7) is 4.35. The molecule has 3 heterocycles. The number of nitrogens with zero attached hydrogens (tertiary/aromatic N) is 3. The summed E-state index contributed by atoms with van der Waals surface area (Å²) in [6, 6.07) is 11.6. The molecule has 0 spiro atoms. The van der Waals surface area contributed by atoms with Crippen LogP contribution in [0.5, 0.6) is 5.88 Å². The van der Waals surface area contributed by atoms with E-state index in [1.807, 2.05) is 60.8 Å². The third-order valence-electron chi connectivity index (χ3n) is 4.09. The van der Waals surface area contributed by atoms with Crippen molar-refractivity contribution < 1.29 is 8.37 Å². The van der Waals surface area contributed by atoms with Crippen molar-refractivity contribution in [2.24, 2.45) is 0 Å². The van der Waals surface area contributed by atoms with Gasteiger partial charge in [-0.3, -0.25) is 17.9 Å². The highest BCUT2D eigenvalue weighted by molar-refractivity contribution is 14.1. The fourth-order valence-corrected chi connectivity index (χ4v) is 3.67. The molecular weight excluding hydrogens is 477 g/mol. The van der Waals surface area contributed by atoms with Gasteiger partial charge in [0.25, 0.3) is 11.4 Å². The largest absolute Gasteiger partial charge is 0.377 e. The van der Waals surface area contributed by atoms with Gasteiger partial charge in [0.2, 0.25) is 18.1 Å². The third-order valence-corrected chi connectivity index (χ3v) is 5.29. The molecule has 0 saturated carbocycles. The van der Waals surface area contributed by atoms with Crippen molar-refractivity contribution in [1.82, 2.24) is 14.0 Å². The first-order valence-corrected chi connectivity index (χ1v) is 10.1. The van der Waals surface area contributed by atoms with Gasteiger partial charge in [-0.1, -0.05) is 17.7 Å². The predicted octanol–water partition coefficient (Wildman–Crippen LogP) is 4.53. The van der Waals surface area contributed by atoms with E-state index in [1.165, 1.54) is 4.57 Å². The lowest BCUT2D eigenvalue weighted by Crippen LogP contribution is -2.18. The van der Waals surface area contributed by atoms with E-state index in [-0.39, 0.29) is 5.56 Å². The van der Waals surface area contributed by atoms with Gasteiger partial charge in [-0.2, -0.15) is 0 Å². The Morgan fingerprint density at radius 1 is 1.22 bits per heavy atom. The van der Waals surface area contributed by atoms with E-state index >= 15 is 0 Å². The second kappa shape index (κ2) is 7.53. The van der Waals surface area contributed by atoms with E-state index in [0.29, 0.717) is 29.3 Å². The average Bonchev–Trinajstić information content (AvgIpc) is 3.00. The second-order valence-electron chi connectivity index (χ2n) is 5.96. The highest BCUT2D eigenvalue weighted by atomic mass is 127. The zero-order valence-corrected chi connectivity index (χ0v) is 17.7. The first-order chi connectivity index (χ1) is 13.1. The fourth-order valence-electron chi connectivity index (χ4n) is 2.84. The lowest BCUT2D eigenvalue weighted by Gasteiger charge is -2.08. The smallest absolute Gasteiger partial charge is 0.264 e. The molecule has 8 heteroatoms. The predicted molar refractivity (Wildman–Crippen MR) is 116 cm³/mol. The molecule has 6 nitrogen and oxygen atoms in total. The first kappa shape index (κ1) is 18.3. The molecule has 0 amide bonds. The molecule has 0 atom stereocenters. The van der Waals surface area contributed by atoms with Crippen molar-refractivity contribution in [3.63, 3.8) is 0 Å². The molecule has 0 unspecified atom stereocenters. The average molecular weight is 493 g/mol. The maximum atomic E-state index is 13.1. The van der Waals surface area contributed by atoms with Gasteiger partial charge in [-0.05, 0) is 66.1 Å². The normalized spacial score (nSPS) is 11.4. The van der Waals surface area contributed by atoms with Gasteiger partial charge in [-0.15, -0.1) is 0 Å². The van der Waals surface area contributed by atoms with Crippen molar-refractivity contribution in [3.8, 4) is 11.7 Å². The van der Waals surface area contributed by atoms with Gasteiger partial charge in [-0.25, -0.2) is 4.98 Å². The van der Waals surface area contributed by atoms with Gasteiger partial charge in [0.05, 0.1) is 6.61 Å². The summed E-state index contributed by atoms with van der Waals surface area (Å²) >= 11 is 3.10. The lowest BCUT2D eigenvalue weighted by molar-refractivity contribution is 0.366. The Bertz CT molecular complexity index is 1200. The fraction of sp³-hybridized carbons (Fsp3) is 0.158. The topological polar surface area (TPSA) is 57.8 Å². The summed E-state index contributed by atoms with van der Waals surface area (Å²) in [6.07, 6.45) is 3.63. The molecule has 0 aliphatic carbocycles. The molecule has 138 valence electrons. The Labute approximate surface area is 173 Å². The number of pyridine rings is 2. The van der Waals surface area contributed by atoms with E-state index in [1.54, 1.807) is 6.20 Å². The highest BCUT2D eigenvalue weighted by Crippen LogP contribution is 2.28. The summed E-state index contributed by atoms with van der Waals surface area (Å²) in [5, 5.41) is 1.54. The van der Waals surface area contributed by atoms with Crippen molar-refractivity contribution >= 4 is 51.3 Å². The Morgan fingerprint density at radius 3 is 2.89 bits per heavy atom. The van der Waals surface area contributed by atoms with Crippen molar-refractivity contribution in [2.45, 2.75) is 13.8 Å². The molecule has 0 saturated heterocycles. The number of rotatable bonds is 5. The van der Waals surface area contributed by atoms with Crippen LogP contribution in [0.2, 0.25) is 0 Å². The third kappa shape index (κ3) is 3.44. The summed E-state index contributed by atoms with van der Waals surface area (Å²) in [5.74, 6) is 0.869. The minimum Gasteiger partial charge on any atom is -0.377 e. The molecule has 0 N–H and O–H groups in total. The molecule has 3 aromatic heterocycles.